The van der Waals surface area contributed by atoms with Crippen LogP contribution in [0, 0.1) is 0 Å². The third kappa shape index (κ3) is 3.59. The molecule has 0 aliphatic rings. The molecule has 2 aromatic carbocycles. The van der Waals surface area contributed by atoms with Crippen LogP contribution >= 0.6 is 11.6 Å². The van der Waals surface area contributed by atoms with Crippen molar-refractivity contribution in [1.29, 1.82) is 0 Å². The lowest BCUT2D eigenvalue weighted by Gasteiger charge is -2.13. The second-order valence-electron chi connectivity index (χ2n) is 5.36. The smallest absolute Gasteiger partial charge is 0.301 e. The number of hydrogen-bond donors (Lipinski definition) is 0. The van der Waals surface area contributed by atoms with E-state index in [0.717, 1.165) is 5.56 Å². The minimum absolute atomic E-state index is 0.158. The zero-order valence-corrected chi connectivity index (χ0v) is 13.1. The first-order valence-corrected chi connectivity index (χ1v) is 7.51. The van der Waals surface area contributed by atoms with E-state index >= 15 is 0 Å². The van der Waals surface area contributed by atoms with E-state index in [2.05, 4.69) is 4.98 Å². The van der Waals surface area contributed by atoms with Crippen molar-refractivity contribution in [3.63, 3.8) is 0 Å². The number of aromatic nitrogens is 2. The third-order valence-electron chi connectivity index (χ3n) is 3.53. The summed E-state index contributed by atoms with van der Waals surface area (Å²) in [4.78, 5) is 16.4. The van der Waals surface area contributed by atoms with Crippen LogP contribution in [0.2, 0.25) is 5.02 Å². The van der Waals surface area contributed by atoms with E-state index in [1.165, 1.54) is 10.6 Å². The summed E-state index contributed by atoms with van der Waals surface area (Å²) in [6.45, 7) is 0.158. The van der Waals surface area contributed by atoms with E-state index in [1.54, 1.807) is 36.4 Å². The van der Waals surface area contributed by atoms with Crippen molar-refractivity contribution in [1.82, 2.24) is 9.55 Å². The Morgan fingerprint density at radius 1 is 1.08 bits per heavy atom. The lowest BCUT2D eigenvalue weighted by Crippen LogP contribution is -2.29. The zero-order valence-electron chi connectivity index (χ0n) is 12.3. The van der Waals surface area contributed by atoms with Crippen LogP contribution in [0.5, 0.6) is 0 Å². The first kappa shape index (κ1) is 16.5. The van der Waals surface area contributed by atoms with Crippen molar-refractivity contribution in [2.45, 2.75) is 19.1 Å². The summed E-state index contributed by atoms with van der Waals surface area (Å²) in [5.41, 5.74) is 0.232. The van der Waals surface area contributed by atoms with Gasteiger partial charge in [-0.15, -0.1) is 0 Å². The van der Waals surface area contributed by atoms with Gasteiger partial charge >= 0.3 is 6.18 Å². The Morgan fingerprint density at radius 2 is 1.79 bits per heavy atom. The summed E-state index contributed by atoms with van der Waals surface area (Å²) in [7, 11) is 0. The van der Waals surface area contributed by atoms with Gasteiger partial charge in [-0.25, -0.2) is 4.98 Å². The monoisotopic (exact) mass is 352 g/mol. The number of nitrogens with zero attached hydrogens (tertiary/aromatic N) is 2. The molecule has 7 heteroatoms. The third-order valence-corrected chi connectivity index (χ3v) is 3.76. The summed E-state index contributed by atoms with van der Waals surface area (Å²) >= 11 is 5.91. The van der Waals surface area contributed by atoms with Crippen molar-refractivity contribution < 1.29 is 13.2 Å². The van der Waals surface area contributed by atoms with Crippen molar-refractivity contribution in [3.05, 3.63) is 75.2 Å². The van der Waals surface area contributed by atoms with Crippen molar-refractivity contribution in [2.24, 2.45) is 0 Å². The maximum Gasteiger partial charge on any atom is 0.394 e. The fourth-order valence-corrected chi connectivity index (χ4v) is 2.67. The summed E-state index contributed by atoms with van der Waals surface area (Å²) in [5, 5.41) is 0.345. The fourth-order valence-electron chi connectivity index (χ4n) is 2.50. The Morgan fingerprint density at radius 3 is 2.46 bits per heavy atom. The molecular formula is C17H12ClF3N2O. The molecule has 3 rings (SSSR count). The van der Waals surface area contributed by atoms with Crippen LogP contribution in [0.15, 0.2) is 53.3 Å². The molecule has 0 unspecified atom stereocenters. The molecule has 0 amide bonds. The van der Waals surface area contributed by atoms with Crippen LogP contribution < -0.4 is 5.56 Å². The number of rotatable bonds is 3. The van der Waals surface area contributed by atoms with Gasteiger partial charge in [0.05, 0.1) is 24.0 Å². The largest absolute Gasteiger partial charge is 0.394 e. The second-order valence-corrected chi connectivity index (χ2v) is 5.80. The van der Waals surface area contributed by atoms with Gasteiger partial charge < -0.3 is 4.57 Å². The normalized spacial score (nSPS) is 11.8. The van der Waals surface area contributed by atoms with Crippen LogP contribution in [-0.4, -0.2) is 15.7 Å². The Kier molecular flexibility index (Phi) is 4.32. The quantitative estimate of drug-likeness (QED) is 0.708. The van der Waals surface area contributed by atoms with E-state index in [0.29, 0.717) is 10.5 Å². The van der Waals surface area contributed by atoms with Crippen LogP contribution in [0.3, 0.4) is 0 Å². The van der Waals surface area contributed by atoms with Crippen LogP contribution in [0.1, 0.15) is 11.3 Å². The molecule has 0 fully saturated rings. The average Bonchev–Trinajstić information content (AvgIpc) is 2.51. The van der Waals surface area contributed by atoms with E-state index in [1.807, 2.05) is 6.07 Å². The lowest BCUT2D eigenvalue weighted by atomic mass is 10.2. The lowest BCUT2D eigenvalue weighted by molar-refractivity contribution is -0.128. The van der Waals surface area contributed by atoms with Gasteiger partial charge in [-0.3, -0.25) is 4.79 Å². The standard InChI is InChI=1S/C17H12ClF3N2O/c18-12-6-7-15-13(8-12)22-14(9-17(19,20)21)16(24)23(15)10-11-4-2-1-3-5-11/h1-8H,9-10H2. The zero-order chi connectivity index (χ0) is 17.3. The maximum atomic E-state index is 12.7. The molecule has 0 aliphatic carbocycles. The molecule has 0 spiro atoms. The predicted octanol–water partition coefficient (Wildman–Crippen LogP) is 4.20. The van der Waals surface area contributed by atoms with Crippen LogP contribution in [-0.2, 0) is 13.0 Å². The Hall–Kier alpha value is -2.34. The van der Waals surface area contributed by atoms with Crippen LogP contribution in [0.4, 0.5) is 13.2 Å². The fraction of sp³-hybridized carbons (Fsp3) is 0.176. The summed E-state index contributed by atoms with van der Waals surface area (Å²) in [6.07, 6.45) is -5.88. The highest BCUT2D eigenvalue weighted by molar-refractivity contribution is 6.31. The summed E-state index contributed by atoms with van der Waals surface area (Å²) in [5.74, 6) is 0. The minimum Gasteiger partial charge on any atom is -0.301 e. The topological polar surface area (TPSA) is 34.9 Å². The molecule has 0 bridgehead atoms. The van der Waals surface area contributed by atoms with Crippen molar-refractivity contribution in [2.75, 3.05) is 0 Å². The van der Waals surface area contributed by atoms with Gasteiger partial charge in [0.15, 0.2) is 0 Å². The Balaban J connectivity index is 2.20. The molecule has 1 aromatic heterocycles. The molecular weight excluding hydrogens is 341 g/mol. The second kappa shape index (κ2) is 6.28. The van der Waals surface area contributed by atoms with Gasteiger partial charge in [0, 0.05) is 5.02 Å². The predicted molar refractivity (Wildman–Crippen MR) is 86.3 cm³/mol. The van der Waals surface area contributed by atoms with Crippen molar-refractivity contribution in [3.8, 4) is 0 Å². The van der Waals surface area contributed by atoms with Crippen molar-refractivity contribution >= 4 is 22.6 Å². The average molecular weight is 353 g/mol. The number of alkyl halides is 3. The Labute approximate surface area is 140 Å². The molecule has 1 heterocycles. The SMILES string of the molecule is O=c1c(CC(F)(F)F)nc2cc(Cl)ccc2n1Cc1ccccc1. The molecule has 3 nitrogen and oxygen atoms in total. The highest BCUT2D eigenvalue weighted by Gasteiger charge is 2.31. The molecule has 0 radical (unpaired) electrons. The molecule has 0 N–H and O–H groups in total. The van der Waals surface area contributed by atoms with Gasteiger partial charge in [0.2, 0.25) is 0 Å². The maximum absolute atomic E-state index is 12.7. The van der Waals surface area contributed by atoms with Gasteiger partial charge in [-0.1, -0.05) is 41.9 Å². The Bertz CT molecular complexity index is 936. The molecule has 0 saturated carbocycles. The molecule has 0 aliphatic heterocycles. The molecule has 0 atom stereocenters. The van der Waals surface area contributed by atoms with Gasteiger partial charge in [-0.2, -0.15) is 13.2 Å². The van der Waals surface area contributed by atoms with Gasteiger partial charge in [0.1, 0.15) is 5.69 Å². The molecule has 24 heavy (non-hydrogen) atoms. The molecule has 3 aromatic rings. The number of hydrogen-bond acceptors (Lipinski definition) is 2. The number of fused-ring (bicyclic) bond motifs is 1. The minimum atomic E-state index is -4.51. The summed E-state index contributed by atoms with van der Waals surface area (Å²) in [6, 6.07) is 13.7. The van der Waals surface area contributed by atoms with E-state index in [-0.39, 0.29) is 12.1 Å². The summed E-state index contributed by atoms with van der Waals surface area (Å²) < 4.78 is 39.5. The first-order chi connectivity index (χ1) is 11.3. The van der Waals surface area contributed by atoms with Gasteiger partial charge in [0.25, 0.3) is 5.56 Å². The van der Waals surface area contributed by atoms with E-state index in [4.69, 9.17) is 11.6 Å². The van der Waals surface area contributed by atoms with Gasteiger partial charge in [-0.05, 0) is 23.8 Å². The molecule has 0 saturated heterocycles. The van der Waals surface area contributed by atoms with E-state index in [9.17, 15) is 18.0 Å². The first-order valence-electron chi connectivity index (χ1n) is 7.13. The molecule has 124 valence electrons. The number of benzene rings is 2. The van der Waals surface area contributed by atoms with E-state index < -0.39 is 23.9 Å². The highest BCUT2D eigenvalue weighted by Crippen LogP contribution is 2.22. The number of halogens is 4. The van der Waals surface area contributed by atoms with Crippen LogP contribution in [0.25, 0.3) is 11.0 Å². The highest BCUT2D eigenvalue weighted by atomic mass is 35.5.